The van der Waals surface area contributed by atoms with Crippen molar-refractivity contribution in [2.45, 2.75) is 12.8 Å². The molecule has 0 bridgehead atoms. The number of hydrogen-bond acceptors (Lipinski definition) is 3. The third-order valence-corrected chi connectivity index (χ3v) is 2.09. The van der Waals surface area contributed by atoms with Crippen LogP contribution in [-0.2, 0) is 4.79 Å². The summed E-state index contributed by atoms with van der Waals surface area (Å²) in [6, 6.07) is 5.04. The number of ether oxygens (including phenoxy) is 1. The molecule has 0 spiro atoms. The van der Waals surface area contributed by atoms with Gasteiger partial charge in [-0.1, -0.05) is 19.1 Å². The molecular weight excluding hydrogens is 180 g/mol. The van der Waals surface area contributed by atoms with Gasteiger partial charge in [-0.15, -0.1) is 0 Å². The van der Waals surface area contributed by atoms with Crippen molar-refractivity contribution in [2.24, 2.45) is 0 Å². The van der Waals surface area contributed by atoms with Gasteiger partial charge in [-0.05, 0) is 6.07 Å². The lowest BCUT2D eigenvalue weighted by Gasteiger charge is -2.10. The lowest BCUT2D eigenvalue weighted by atomic mass is 10.00. The minimum absolute atomic E-state index is 0.217. The summed E-state index contributed by atoms with van der Waals surface area (Å²) in [4.78, 5) is 21.1. The lowest BCUT2D eigenvalue weighted by Crippen LogP contribution is -1.99. The Labute approximate surface area is 82.7 Å². The molecule has 1 rings (SSSR count). The van der Waals surface area contributed by atoms with Crippen molar-refractivity contribution in [3.05, 3.63) is 29.3 Å². The van der Waals surface area contributed by atoms with Crippen molar-refractivity contribution in [3.63, 3.8) is 0 Å². The highest BCUT2D eigenvalue weighted by atomic mass is 16.5. The van der Waals surface area contributed by atoms with Gasteiger partial charge in [0, 0.05) is 17.0 Å². The third kappa shape index (κ3) is 1.99. The quantitative estimate of drug-likeness (QED) is 0.683. The number of carbonyl (C=O) groups is 2. The molecule has 0 amide bonds. The van der Waals surface area contributed by atoms with Crippen LogP contribution in [0.15, 0.2) is 18.2 Å². The van der Waals surface area contributed by atoms with Crippen LogP contribution in [0.1, 0.15) is 28.8 Å². The van der Waals surface area contributed by atoms with Crippen LogP contribution in [0.4, 0.5) is 0 Å². The van der Waals surface area contributed by atoms with Gasteiger partial charge in [0.05, 0.1) is 7.11 Å². The molecule has 0 radical (unpaired) electrons. The van der Waals surface area contributed by atoms with E-state index in [0.29, 0.717) is 11.3 Å². The standard InChI is InChI=1S/C11H12O3/c1-8(6-12)10-4-3-9(7-13)5-11(10)14-2/h3-8H,1-2H3. The minimum atomic E-state index is -0.217. The fourth-order valence-corrected chi connectivity index (χ4v) is 1.25. The zero-order valence-electron chi connectivity index (χ0n) is 8.19. The number of aldehydes is 2. The second-order valence-electron chi connectivity index (χ2n) is 3.04. The number of benzene rings is 1. The molecule has 0 aromatic heterocycles. The Morgan fingerprint density at radius 3 is 2.57 bits per heavy atom. The highest BCUT2D eigenvalue weighted by Gasteiger charge is 2.10. The monoisotopic (exact) mass is 192 g/mol. The van der Waals surface area contributed by atoms with Gasteiger partial charge >= 0.3 is 0 Å². The van der Waals surface area contributed by atoms with Crippen molar-refractivity contribution in [1.82, 2.24) is 0 Å². The molecule has 74 valence electrons. The summed E-state index contributed by atoms with van der Waals surface area (Å²) in [7, 11) is 1.52. The Hall–Kier alpha value is -1.64. The van der Waals surface area contributed by atoms with Gasteiger partial charge in [0.1, 0.15) is 18.3 Å². The van der Waals surface area contributed by atoms with E-state index in [1.165, 1.54) is 7.11 Å². The van der Waals surface area contributed by atoms with Crippen molar-refractivity contribution in [2.75, 3.05) is 7.11 Å². The normalized spacial score (nSPS) is 11.9. The molecule has 3 nitrogen and oxygen atoms in total. The van der Waals surface area contributed by atoms with E-state index in [2.05, 4.69) is 0 Å². The van der Waals surface area contributed by atoms with Crippen LogP contribution < -0.4 is 4.74 Å². The summed E-state index contributed by atoms with van der Waals surface area (Å²) in [6.07, 6.45) is 1.59. The van der Waals surface area contributed by atoms with Gasteiger partial charge in [0.15, 0.2) is 0 Å². The number of methoxy groups -OCH3 is 1. The maximum atomic E-state index is 10.6. The highest BCUT2D eigenvalue weighted by molar-refractivity contribution is 5.76. The summed E-state index contributed by atoms with van der Waals surface area (Å²) in [6.45, 7) is 1.78. The number of carbonyl (C=O) groups excluding carboxylic acids is 2. The molecule has 0 fully saturated rings. The van der Waals surface area contributed by atoms with E-state index in [-0.39, 0.29) is 5.92 Å². The average Bonchev–Trinajstić information content (AvgIpc) is 2.27. The van der Waals surface area contributed by atoms with Gasteiger partial charge in [-0.25, -0.2) is 0 Å². The van der Waals surface area contributed by atoms with Crippen LogP contribution in [0.3, 0.4) is 0 Å². The fraction of sp³-hybridized carbons (Fsp3) is 0.273. The highest BCUT2D eigenvalue weighted by Crippen LogP contribution is 2.25. The van der Waals surface area contributed by atoms with Gasteiger partial charge < -0.3 is 9.53 Å². The van der Waals surface area contributed by atoms with E-state index in [1.54, 1.807) is 25.1 Å². The molecule has 0 N–H and O–H groups in total. The Kier molecular flexibility index (Phi) is 3.40. The van der Waals surface area contributed by atoms with Gasteiger partial charge in [-0.3, -0.25) is 4.79 Å². The second kappa shape index (κ2) is 4.56. The van der Waals surface area contributed by atoms with Crippen LogP contribution in [-0.4, -0.2) is 19.7 Å². The molecule has 0 saturated heterocycles. The Balaban J connectivity index is 3.17. The summed E-state index contributed by atoms with van der Waals surface area (Å²) >= 11 is 0. The van der Waals surface area contributed by atoms with E-state index in [0.717, 1.165) is 18.1 Å². The largest absolute Gasteiger partial charge is 0.496 e. The minimum Gasteiger partial charge on any atom is -0.496 e. The van der Waals surface area contributed by atoms with Crippen LogP contribution in [0.5, 0.6) is 5.75 Å². The SMILES string of the molecule is COc1cc(C=O)ccc1C(C)C=O. The van der Waals surface area contributed by atoms with Gasteiger partial charge in [0.2, 0.25) is 0 Å². The number of hydrogen-bond donors (Lipinski definition) is 0. The topological polar surface area (TPSA) is 43.4 Å². The Morgan fingerprint density at radius 1 is 1.36 bits per heavy atom. The van der Waals surface area contributed by atoms with Gasteiger partial charge in [0.25, 0.3) is 0 Å². The van der Waals surface area contributed by atoms with E-state index in [9.17, 15) is 9.59 Å². The zero-order chi connectivity index (χ0) is 10.6. The van der Waals surface area contributed by atoms with Crippen LogP contribution in [0, 0.1) is 0 Å². The smallest absolute Gasteiger partial charge is 0.150 e. The molecule has 1 unspecified atom stereocenters. The molecule has 0 saturated carbocycles. The number of rotatable bonds is 4. The molecule has 0 aliphatic heterocycles. The van der Waals surface area contributed by atoms with E-state index in [1.807, 2.05) is 0 Å². The Bertz CT molecular complexity index is 344. The molecule has 0 aliphatic carbocycles. The molecule has 3 heteroatoms. The van der Waals surface area contributed by atoms with Crippen molar-refractivity contribution in [3.8, 4) is 5.75 Å². The van der Waals surface area contributed by atoms with E-state index in [4.69, 9.17) is 4.74 Å². The molecule has 0 heterocycles. The maximum Gasteiger partial charge on any atom is 0.150 e. The molecule has 1 aromatic carbocycles. The predicted octanol–water partition coefficient (Wildman–Crippen LogP) is 1.81. The summed E-state index contributed by atoms with van der Waals surface area (Å²) in [5.41, 5.74) is 1.34. The van der Waals surface area contributed by atoms with Gasteiger partial charge in [-0.2, -0.15) is 0 Å². The first kappa shape index (κ1) is 10.4. The van der Waals surface area contributed by atoms with Crippen molar-refractivity contribution in [1.29, 1.82) is 0 Å². The average molecular weight is 192 g/mol. The van der Waals surface area contributed by atoms with Crippen LogP contribution in [0.2, 0.25) is 0 Å². The zero-order valence-corrected chi connectivity index (χ0v) is 8.19. The summed E-state index contributed by atoms with van der Waals surface area (Å²) in [5.74, 6) is 0.361. The van der Waals surface area contributed by atoms with Crippen molar-refractivity contribution >= 4 is 12.6 Å². The summed E-state index contributed by atoms with van der Waals surface area (Å²) < 4.78 is 5.09. The third-order valence-electron chi connectivity index (χ3n) is 2.09. The Morgan fingerprint density at radius 2 is 2.07 bits per heavy atom. The molecule has 0 aliphatic rings. The molecule has 14 heavy (non-hydrogen) atoms. The molecule has 1 aromatic rings. The van der Waals surface area contributed by atoms with Crippen molar-refractivity contribution < 1.29 is 14.3 Å². The first-order valence-corrected chi connectivity index (χ1v) is 4.31. The fourth-order valence-electron chi connectivity index (χ4n) is 1.25. The van der Waals surface area contributed by atoms with E-state index >= 15 is 0 Å². The van der Waals surface area contributed by atoms with Crippen LogP contribution >= 0.6 is 0 Å². The lowest BCUT2D eigenvalue weighted by molar-refractivity contribution is -0.108. The molecule has 1 atom stereocenters. The second-order valence-corrected chi connectivity index (χ2v) is 3.04. The summed E-state index contributed by atoms with van der Waals surface area (Å²) in [5, 5.41) is 0. The van der Waals surface area contributed by atoms with E-state index < -0.39 is 0 Å². The molecular formula is C11H12O3. The first-order chi connectivity index (χ1) is 6.72. The maximum absolute atomic E-state index is 10.6. The predicted molar refractivity (Wildman–Crippen MR) is 52.9 cm³/mol. The first-order valence-electron chi connectivity index (χ1n) is 4.31. The van der Waals surface area contributed by atoms with Crippen LogP contribution in [0.25, 0.3) is 0 Å².